The third kappa shape index (κ3) is 5.13. The molecule has 1 N–H and O–H groups in total. The minimum atomic E-state index is -3.02. The fourth-order valence-electron chi connectivity index (χ4n) is 3.82. The van der Waals surface area contributed by atoms with Gasteiger partial charge in [-0.25, -0.2) is 8.42 Å². The van der Waals surface area contributed by atoms with E-state index in [0.717, 1.165) is 24.2 Å². The third-order valence-corrected chi connectivity index (χ3v) is 8.89. The molecule has 0 bridgehead atoms. The zero-order valence-corrected chi connectivity index (χ0v) is 19.4. The Morgan fingerprint density at radius 1 is 1.03 bits per heavy atom. The zero-order valence-electron chi connectivity index (χ0n) is 17.7. The molecule has 2 atom stereocenters. The summed E-state index contributed by atoms with van der Waals surface area (Å²) in [5, 5.41) is 3.61. The van der Waals surface area contributed by atoms with Gasteiger partial charge >= 0.3 is 0 Å². The summed E-state index contributed by atoms with van der Waals surface area (Å²) in [6.45, 7) is 4.30. The second-order valence-electron chi connectivity index (χ2n) is 7.92. The number of sulfone groups is 1. The van der Waals surface area contributed by atoms with Gasteiger partial charge in [-0.2, -0.15) is 0 Å². The molecule has 1 amide bonds. The van der Waals surface area contributed by atoms with Crippen LogP contribution >= 0.6 is 11.8 Å². The van der Waals surface area contributed by atoms with Gasteiger partial charge < -0.3 is 10.2 Å². The number of hydrogen-bond donors (Lipinski definition) is 1. The first kappa shape index (κ1) is 21.9. The Hall–Kier alpha value is -2.32. The van der Waals surface area contributed by atoms with E-state index in [1.165, 1.54) is 22.9 Å². The number of rotatable bonds is 6. The molecule has 8 heteroatoms. The smallest absolute Gasteiger partial charge is 0.244 e. The van der Waals surface area contributed by atoms with Crippen molar-refractivity contribution in [2.24, 2.45) is 4.99 Å². The summed E-state index contributed by atoms with van der Waals surface area (Å²) in [6, 6.07) is 15.7. The molecule has 1 fully saturated rings. The Morgan fingerprint density at radius 2 is 1.65 bits per heavy atom. The highest BCUT2D eigenvalue weighted by atomic mass is 32.2. The Kier molecular flexibility index (Phi) is 6.39. The summed E-state index contributed by atoms with van der Waals surface area (Å²) in [6.07, 6.45) is 1.89. The first-order valence-electron chi connectivity index (χ1n) is 10.6. The molecule has 4 rings (SSSR count). The maximum Gasteiger partial charge on any atom is 0.244 e. The largest absolute Gasteiger partial charge is 0.325 e. The van der Waals surface area contributed by atoms with Crippen LogP contribution in [0.25, 0.3) is 0 Å². The zero-order chi connectivity index (χ0) is 22.0. The second kappa shape index (κ2) is 9.04. The molecule has 0 unspecified atom stereocenters. The molecule has 2 aromatic rings. The van der Waals surface area contributed by atoms with E-state index in [2.05, 4.69) is 31.3 Å². The average molecular weight is 458 g/mol. The van der Waals surface area contributed by atoms with Crippen molar-refractivity contribution in [2.75, 3.05) is 28.3 Å². The van der Waals surface area contributed by atoms with Gasteiger partial charge in [0, 0.05) is 16.6 Å². The highest BCUT2D eigenvalue weighted by Crippen LogP contribution is 2.36. The third-order valence-electron chi connectivity index (χ3n) is 5.64. The number of carbonyl (C=O) groups is 1. The lowest BCUT2D eigenvalue weighted by Crippen LogP contribution is -2.36. The lowest BCUT2D eigenvalue weighted by Gasteiger charge is -2.24. The predicted octanol–water partition coefficient (Wildman–Crippen LogP) is 3.52. The fraction of sp³-hybridized carbons (Fsp3) is 0.391. The van der Waals surface area contributed by atoms with Crippen LogP contribution in [0.3, 0.4) is 0 Å². The number of nitrogens with zero attached hydrogens (tertiary/aromatic N) is 2. The van der Waals surface area contributed by atoms with Gasteiger partial charge in [-0.1, -0.05) is 49.9 Å². The molecular formula is C23H27N3O3S2. The molecule has 2 aliphatic rings. The maximum atomic E-state index is 12.9. The minimum absolute atomic E-state index is 0.0675. The quantitative estimate of drug-likeness (QED) is 0.718. The van der Waals surface area contributed by atoms with Crippen molar-refractivity contribution in [1.29, 1.82) is 0 Å². The van der Waals surface area contributed by atoms with E-state index in [9.17, 15) is 13.2 Å². The molecule has 2 aliphatic heterocycles. The SMILES string of the molecule is CCc1ccc(NC(=O)CN(C2=N[C@H]3CS(=O)(=O)C[C@@H]3S2)c2ccc(CC)cc2)cc1. The average Bonchev–Trinajstić information content (AvgIpc) is 3.26. The van der Waals surface area contributed by atoms with Crippen molar-refractivity contribution in [3.63, 3.8) is 0 Å². The first-order chi connectivity index (χ1) is 14.9. The van der Waals surface area contributed by atoms with Gasteiger partial charge in [0.15, 0.2) is 15.0 Å². The van der Waals surface area contributed by atoms with E-state index >= 15 is 0 Å². The number of hydrogen-bond acceptors (Lipinski definition) is 6. The summed E-state index contributed by atoms with van der Waals surface area (Å²) in [7, 11) is -3.02. The van der Waals surface area contributed by atoms with Crippen LogP contribution in [-0.4, -0.2) is 48.8 Å². The van der Waals surface area contributed by atoms with Gasteiger partial charge in [-0.15, -0.1) is 0 Å². The van der Waals surface area contributed by atoms with Crippen LogP contribution in [0.5, 0.6) is 0 Å². The molecule has 1 saturated heterocycles. The predicted molar refractivity (Wildman–Crippen MR) is 129 cm³/mol. The first-order valence-corrected chi connectivity index (χ1v) is 13.3. The Balaban J connectivity index is 1.54. The van der Waals surface area contributed by atoms with Crippen LogP contribution in [0, 0.1) is 0 Å². The van der Waals surface area contributed by atoms with Crippen LogP contribution in [0.4, 0.5) is 11.4 Å². The van der Waals surface area contributed by atoms with Gasteiger partial charge in [-0.05, 0) is 48.2 Å². The molecule has 0 radical (unpaired) electrons. The monoisotopic (exact) mass is 457 g/mol. The topological polar surface area (TPSA) is 78.8 Å². The number of thioether (sulfide) groups is 1. The van der Waals surface area contributed by atoms with E-state index < -0.39 is 9.84 Å². The number of fused-ring (bicyclic) bond motifs is 1. The van der Waals surface area contributed by atoms with Gasteiger partial charge in [0.25, 0.3) is 0 Å². The Labute approximate surface area is 188 Å². The number of anilines is 2. The van der Waals surface area contributed by atoms with Crippen molar-refractivity contribution in [2.45, 2.75) is 38.0 Å². The molecule has 0 saturated carbocycles. The van der Waals surface area contributed by atoms with Crippen molar-refractivity contribution >= 4 is 44.0 Å². The van der Waals surface area contributed by atoms with Gasteiger partial charge in [0.1, 0.15) is 6.54 Å². The van der Waals surface area contributed by atoms with E-state index in [0.29, 0.717) is 5.17 Å². The number of aliphatic imine (C=N–C) groups is 1. The van der Waals surface area contributed by atoms with Crippen molar-refractivity contribution in [3.8, 4) is 0 Å². The van der Waals surface area contributed by atoms with Crippen molar-refractivity contribution < 1.29 is 13.2 Å². The number of carbonyl (C=O) groups excluding carboxylic acids is 1. The number of nitrogens with one attached hydrogen (secondary N) is 1. The summed E-state index contributed by atoms with van der Waals surface area (Å²) in [4.78, 5) is 19.5. The van der Waals surface area contributed by atoms with E-state index in [4.69, 9.17) is 4.99 Å². The molecular weight excluding hydrogens is 430 g/mol. The number of amides is 1. The molecule has 2 aromatic carbocycles. The van der Waals surface area contributed by atoms with Gasteiger partial charge in [0.2, 0.25) is 5.91 Å². The number of amidine groups is 1. The maximum absolute atomic E-state index is 12.9. The van der Waals surface area contributed by atoms with Crippen LogP contribution in [0.2, 0.25) is 0 Å². The van der Waals surface area contributed by atoms with Crippen molar-refractivity contribution in [1.82, 2.24) is 0 Å². The Morgan fingerprint density at radius 3 is 2.23 bits per heavy atom. The highest BCUT2D eigenvalue weighted by Gasteiger charge is 2.44. The van der Waals surface area contributed by atoms with Crippen LogP contribution in [0.1, 0.15) is 25.0 Å². The lowest BCUT2D eigenvalue weighted by molar-refractivity contribution is -0.114. The number of aryl methyl sites for hydroxylation is 2. The lowest BCUT2D eigenvalue weighted by atomic mass is 10.1. The highest BCUT2D eigenvalue weighted by molar-refractivity contribution is 8.15. The molecule has 0 spiro atoms. The second-order valence-corrected chi connectivity index (χ2v) is 11.3. The minimum Gasteiger partial charge on any atom is -0.325 e. The summed E-state index contributed by atoms with van der Waals surface area (Å²) < 4.78 is 23.9. The van der Waals surface area contributed by atoms with E-state index in [1.807, 2.05) is 41.3 Å². The molecule has 0 aliphatic carbocycles. The standard InChI is InChI=1S/C23H27N3O3S2/c1-3-16-5-9-18(10-6-16)24-22(27)13-26(19-11-7-17(4-2)8-12-19)23-25-20-14-31(28,29)15-21(20)30-23/h5-12,20-21H,3-4,13-15H2,1-2H3,(H,24,27)/t20-,21-/m0/s1. The fourth-order valence-corrected chi connectivity index (χ4v) is 7.60. The molecule has 2 heterocycles. The normalized spacial score (nSPS) is 21.4. The molecule has 6 nitrogen and oxygen atoms in total. The molecule has 164 valence electrons. The summed E-state index contributed by atoms with van der Waals surface area (Å²) in [5.74, 6) is 0.0949. The van der Waals surface area contributed by atoms with E-state index in [1.54, 1.807) is 0 Å². The molecule has 31 heavy (non-hydrogen) atoms. The Bertz CT molecular complexity index is 1080. The summed E-state index contributed by atoms with van der Waals surface area (Å²) >= 11 is 1.47. The van der Waals surface area contributed by atoms with E-state index in [-0.39, 0.29) is 35.2 Å². The molecule has 0 aromatic heterocycles. The van der Waals surface area contributed by atoms with Gasteiger partial charge in [-0.3, -0.25) is 9.79 Å². The van der Waals surface area contributed by atoms with Crippen LogP contribution in [0.15, 0.2) is 53.5 Å². The van der Waals surface area contributed by atoms with Crippen molar-refractivity contribution in [3.05, 3.63) is 59.7 Å². The van der Waals surface area contributed by atoms with Gasteiger partial charge in [0.05, 0.1) is 17.5 Å². The number of benzene rings is 2. The van der Waals surface area contributed by atoms with Crippen LogP contribution in [-0.2, 0) is 27.5 Å². The summed E-state index contributed by atoms with van der Waals surface area (Å²) in [5.41, 5.74) is 4.07. The van der Waals surface area contributed by atoms with Crippen LogP contribution < -0.4 is 10.2 Å².